The van der Waals surface area contributed by atoms with Crippen LogP contribution in [0, 0.1) is 11.7 Å². The number of hydrogen-bond donors (Lipinski definition) is 1. The van der Waals surface area contributed by atoms with Crippen molar-refractivity contribution in [3.8, 4) is 0 Å². The van der Waals surface area contributed by atoms with E-state index in [4.69, 9.17) is 0 Å². The Morgan fingerprint density at radius 2 is 2.24 bits per heavy atom. The lowest BCUT2D eigenvalue weighted by molar-refractivity contribution is 0.0897. The molecule has 0 amide bonds. The van der Waals surface area contributed by atoms with Gasteiger partial charge in [0.25, 0.3) is 0 Å². The lowest BCUT2D eigenvalue weighted by atomic mass is 10.0. The Morgan fingerprint density at radius 1 is 1.48 bits per heavy atom. The highest BCUT2D eigenvalue weighted by Crippen LogP contribution is 2.24. The van der Waals surface area contributed by atoms with Crippen LogP contribution in [0.4, 0.5) is 4.39 Å². The first-order valence-electron chi connectivity index (χ1n) is 6.66. The highest BCUT2D eigenvalue weighted by molar-refractivity contribution is 9.11. The van der Waals surface area contributed by atoms with Crippen molar-refractivity contribution in [2.45, 2.75) is 19.6 Å². The van der Waals surface area contributed by atoms with Gasteiger partial charge >= 0.3 is 0 Å². The summed E-state index contributed by atoms with van der Waals surface area (Å²) in [5.41, 5.74) is 1.76. The molecule has 2 heterocycles. The molecular formula is C15H18BrFN2OS. The zero-order valence-corrected chi connectivity index (χ0v) is 14.4. The molecule has 3 nitrogen and oxygen atoms in total. The van der Waals surface area contributed by atoms with E-state index >= 15 is 0 Å². The normalized spacial score (nSPS) is 14.4. The number of thiophene rings is 1. The third-order valence-corrected chi connectivity index (χ3v) is 4.82. The molecule has 0 aliphatic heterocycles. The maximum Gasteiger partial charge on any atom is 0.141 e. The molecule has 0 aromatic carbocycles. The lowest BCUT2D eigenvalue weighted by Gasteiger charge is -2.24. The summed E-state index contributed by atoms with van der Waals surface area (Å²) < 4.78 is 14.0. The molecule has 21 heavy (non-hydrogen) atoms. The van der Waals surface area contributed by atoms with E-state index in [0.717, 1.165) is 23.1 Å². The molecule has 0 radical (unpaired) electrons. The van der Waals surface area contributed by atoms with Crippen molar-refractivity contribution in [2.24, 2.45) is 5.92 Å². The highest BCUT2D eigenvalue weighted by Gasteiger charge is 2.19. The van der Waals surface area contributed by atoms with Crippen LogP contribution in [-0.2, 0) is 6.54 Å². The minimum Gasteiger partial charge on any atom is -0.386 e. The molecular weight excluding hydrogens is 355 g/mol. The Bertz CT molecular complexity index is 575. The average molecular weight is 373 g/mol. The van der Waals surface area contributed by atoms with E-state index in [-0.39, 0.29) is 5.92 Å². The fraction of sp³-hybridized carbons (Fsp3) is 0.400. The van der Waals surface area contributed by atoms with Gasteiger partial charge < -0.3 is 10.0 Å². The second-order valence-electron chi connectivity index (χ2n) is 5.28. The van der Waals surface area contributed by atoms with E-state index in [9.17, 15) is 9.50 Å². The van der Waals surface area contributed by atoms with Gasteiger partial charge in [0.2, 0.25) is 0 Å². The number of aliphatic hydroxyl groups is 1. The maximum absolute atomic E-state index is 12.9. The van der Waals surface area contributed by atoms with Crippen LogP contribution in [0.25, 0.3) is 0 Å². The molecule has 1 N–H and O–H groups in total. The molecule has 114 valence electrons. The largest absolute Gasteiger partial charge is 0.386 e. The number of pyridine rings is 1. The summed E-state index contributed by atoms with van der Waals surface area (Å²) in [6.45, 7) is 3.53. The molecule has 6 heteroatoms. The minimum atomic E-state index is -0.692. The zero-order chi connectivity index (χ0) is 15.4. The Kier molecular flexibility index (Phi) is 5.87. The summed E-state index contributed by atoms with van der Waals surface area (Å²) >= 11 is 5.12. The Balaban J connectivity index is 1.90. The Hall–Kier alpha value is -0.820. The van der Waals surface area contributed by atoms with Crippen molar-refractivity contribution < 1.29 is 9.50 Å². The monoisotopic (exact) mass is 372 g/mol. The maximum atomic E-state index is 12.9. The van der Waals surface area contributed by atoms with Crippen molar-refractivity contribution in [2.75, 3.05) is 13.6 Å². The summed E-state index contributed by atoms with van der Waals surface area (Å²) in [5.74, 6) is -0.381. The van der Waals surface area contributed by atoms with E-state index in [0.29, 0.717) is 5.69 Å². The first-order valence-corrected chi connectivity index (χ1v) is 8.34. The van der Waals surface area contributed by atoms with E-state index in [1.165, 1.54) is 17.7 Å². The van der Waals surface area contributed by atoms with Crippen LogP contribution in [-0.4, -0.2) is 28.6 Å². The van der Waals surface area contributed by atoms with Crippen LogP contribution in [0.5, 0.6) is 0 Å². The van der Waals surface area contributed by atoms with Gasteiger partial charge in [-0.3, -0.25) is 4.98 Å². The molecule has 0 fully saturated rings. The first kappa shape index (κ1) is 16.5. The van der Waals surface area contributed by atoms with Gasteiger partial charge in [-0.25, -0.2) is 4.39 Å². The van der Waals surface area contributed by atoms with Crippen molar-refractivity contribution in [3.05, 3.63) is 50.6 Å². The fourth-order valence-corrected chi connectivity index (χ4v) is 3.45. The van der Waals surface area contributed by atoms with Crippen molar-refractivity contribution >= 4 is 27.3 Å². The third kappa shape index (κ3) is 4.85. The number of hydrogen-bond acceptors (Lipinski definition) is 4. The Morgan fingerprint density at radius 3 is 2.81 bits per heavy atom. The standard InChI is InChI=1S/C15H18BrFN2OS/c1-10(15(20)13-4-3-12(17)6-18-13)7-19(2)8-11-5-14(16)21-9-11/h3-6,9-10,15,20H,7-8H2,1-2H3. The average Bonchev–Trinajstić information content (AvgIpc) is 2.83. The highest BCUT2D eigenvalue weighted by atomic mass is 79.9. The van der Waals surface area contributed by atoms with Gasteiger partial charge in [-0.1, -0.05) is 6.92 Å². The number of nitrogens with zero attached hydrogens (tertiary/aromatic N) is 2. The van der Waals surface area contributed by atoms with Gasteiger partial charge in [0.15, 0.2) is 0 Å². The van der Waals surface area contributed by atoms with Gasteiger partial charge in [-0.15, -0.1) is 11.3 Å². The number of aliphatic hydroxyl groups excluding tert-OH is 1. The minimum absolute atomic E-state index is 0.00929. The topological polar surface area (TPSA) is 36.4 Å². The van der Waals surface area contributed by atoms with Gasteiger partial charge in [0.1, 0.15) is 5.82 Å². The number of aromatic nitrogens is 1. The molecule has 0 aliphatic rings. The van der Waals surface area contributed by atoms with Crippen LogP contribution in [0.3, 0.4) is 0 Å². The smallest absolute Gasteiger partial charge is 0.141 e. The van der Waals surface area contributed by atoms with Crippen LogP contribution in [0.15, 0.2) is 33.6 Å². The van der Waals surface area contributed by atoms with Crippen LogP contribution < -0.4 is 0 Å². The lowest BCUT2D eigenvalue weighted by Crippen LogP contribution is -2.27. The predicted octanol–water partition coefficient (Wildman–Crippen LogP) is 3.85. The summed E-state index contributed by atoms with van der Waals surface area (Å²) in [4.78, 5) is 6.10. The van der Waals surface area contributed by atoms with Crippen LogP contribution in [0.1, 0.15) is 24.3 Å². The molecule has 0 aliphatic carbocycles. The van der Waals surface area contributed by atoms with E-state index in [1.807, 2.05) is 14.0 Å². The van der Waals surface area contributed by atoms with E-state index in [1.54, 1.807) is 11.3 Å². The molecule has 2 aromatic rings. The molecule has 2 atom stereocenters. The third-order valence-electron chi connectivity index (χ3n) is 3.27. The van der Waals surface area contributed by atoms with Crippen molar-refractivity contribution in [1.82, 2.24) is 9.88 Å². The molecule has 0 spiro atoms. The molecule has 2 rings (SSSR count). The van der Waals surface area contributed by atoms with Crippen LogP contribution in [0.2, 0.25) is 0 Å². The van der Waals surface area contributed by atoms with Gasteiger partial charge in [0, 0.05) is 19.0 Å². The molecule has 0 saturated heterocycles. The summed E-state index contributed by atoms with van der Waals surface area (Å²) in [6, 6.07) is 4.96. The molecule has 0 bridgehead atoms. The predicted molar refractivity (Wildman–Crippen MR) is 86.7 cm³/mol. The molecule has 2 unspecified atom stereocenters. The van der Waals surface area contributed by atoms with Crippen LogP contribution >= 0.6 is 27.3 Å². The second kappa shape index (κ2) is 7.45. The Labute approximate surface area is 136 Å². The first-order chi connectivity index (χ1) is 9.95. The number of rotatable bonds is 6. The molecule has 2 aromatic heterocycles. The quantitative estimate of drug-likeness (QED) is 0.836. The summed E-state index contributed by atoms with van der Waals surface area (Å²) in [7, 11) is 2.02. The van der Waals surface area contributed by atoms with E-state index in [2.05, 4.69) is 37.3 Å². The van der Waals surface area contributed by atoms with Gasteiger partial charge in [0.05, 0.1) is 21.8 Å². The number of halogens is 2. The summed E-state index contributed by atoms with van der Waals surface area (Å²) in [5, 5.41) is 12.4. The second-order valence-corrected chi connectivity index (χ2v) is 7.57. The zero-order valence-electron chi connectivity index (χ0n) is 12.0. The summed E-state index contributed by atoms with van der Waals surface area (Å²) in [6.07, 6.45) is 0.444. The van der Waals surface area contributed by atoms with Crippen molar-refractivity contribution in [1.29, 1.82) is 0 Å². The molecule has 0 saturated carbocycles. The fourth-order valence-electron chi connectivity index (χ4n) is 2.25. The van der Waals surface area contributed by atoms with Crippen molar-refractivity contribution in [3.63, 3.8) is 0 Å². The van der Waals surface area contributed by atoms with Gasteiger partial charge in [-0.05, 0) is 52.1 Å². The van der Waals surface area contributed by atoms with E-state index < -0.39 is 11.9 Å². The van der Waals surface area contributed by atoms with Gasteiger partial charge in [-0.2, -0.15) is 0 Å². The SMILES string of the molecule is CC(CN(C)Cc1csc(Br)c1)C(O)c1ccc(F)cn1.